The van der Waals surface area contributed by atoms with Crippen molar-refractivity contribution in [2.75, 3.05) is 50.5 Å². The van der Waals surface area contributed by atoms with Crippen molar-refractivity contribution in [3.05, 3.63) is 54.1 Å². The maximum absolute atomic E-state index is 12.5. The normalized spacial score (nSPS) is 14.1. The first-order valence-corrected chi connectivity index (χ1v) is 9.89. The third-order valence-corrected chi connectivity index (χ3v) is 5.11. The van der Waals surface area contributed by atoms with Crippen LogP contribution < -0.4 is 20.3 Å². The molecule has 8 nitrogen and oxygen atoms in total. The van der Waals surface area contributed by atoms with E-state index in [0.717, 1.165) is 18.0 Å². The second kappa shape index (κ2) is 9.89. The van der Waals surface area contributed by atoms with E-state index < -0.39 is 0 Å². The molecule has 3 rings (SSSR count). The molecule has 3 N–H and O–H groups in total. The van der Waals surface area contributed by atoms with Gasteiger partial charge in [-0.25, -0.2) is 0 Å². The van der Waals surface area contributed by atoms with Crippen molar-refractivity contribution in [2.24, 2.45) is 0 Å². The predicted octanol–water partition coefficient (Wildman–Crippen LogP) is 0.633. The second-order valence-electron chi connectivity index (χ2n) is 7.21. The number of nitrogens with zero attached hydrogens (tertiary/aromatic N) is 1. The summed E-state index contributed by atoms with van der Waals surface area (Å²) < 4.78 is 5.24. The van der Waals surface area contributed by atoms with Crippen molar-refractivity contribution in [1.29, 1.82) is 0 Å². The zero-order valence-corrected chi connectivity index (χ0v) is 17.2. The van der Waals surface area contributed by atoms with Gasteiger partial charge in [0.05, 0.1) is 39.0 Å². The molecule has 2 aromatic rings. The van der Waals surface area contributed by atoms with Gasteiger partial charge < -0.3 is 25.2 Å². The van der Waals surface area contributed by atoms with E-state index in [0.29, 0.717) is 42.3 Å². The van der Waals surface area contributed by atoms with Gasteiger partial charge in [-0.3, -0.25) is 14.4 Å². The van der Waals surface area contributed by atoms with Gasteiger partial charge in [-0.2, -0.15) is 0 Å². The Labute approximate surface area is 175 Å². The lowest BCUT2D eigenvalue weighted by molar-refractivity contribution is -0.895. The highest BCUT2D eigenvalue weighted by molar-refractivity contribution is 6.05. The Morgan fingerprint density at radius 1 is 1.00 bits per heavy atom. The zero-order chi connectivity index (χ0) is 21.5. The number of para-hydroxylation sites is 2. The average molecular weight is 411 g/mol. The van der Waals surface area contributed by atoms with E-state index in [9.17, 15) is 14.4 Å². The molecule has 3 amide bonds. The summed E-state index contributed by atoms with van der Waals surface area (Å²) in [5, 5.41) is 5.69. The number of benzene rings is 2. The van der Waals surface area contributed by atoms with Gasteiger partial charge in [0, 0.05) is 18.2 Å². The first-order chi connectivity index (χ1) is 14.5. The lowest BCUT2D eigenvalue weighted by atomic mass is 10.2. The lowest BCUT2D eigenvalue weighted by Gasteiger charge is -2.31. The van der Waals surface area contributed by atoms with E-state index in [1.165, 1.54) is 0 Å². The molecule has 0 aliphatic carbocycles. The Morgan fingerprint density at radius 2 is 1.67 bits per heavy atom. The zero-order valence-electron chi connectivity index (χ0n) is 17.2. The minimum atomic E-state index is -0.259. The highest BCUT2D eigenvalue weighted by Crippen LogP contribution is 2.23. The number of hydrogen-bond acceptors (Lipinski definition) is 4. The number of quaternary nitrogens is 1. The molecule has 0 aromatic heterocycles. The van der Waals surface area contributed by atoms with E-state index in [2.05, 4.69) is 10.6 Å². The number of carbonyl (C=O) groups is 3. The van der Waals surface area contributed by atoms with Crippen LogP contribution in [-0.2, 0) is 9.59 Å². The summed E-state index contributed by atoms with van der Waals surface area (Å²) in [6.45, 7) is 4.78. The third-order valence-electron chi connectivity index (χ3n) is 5.11. The van der Waals surface area contributed by atoms with Gasteiger partial charge in [0.25, 0.3) is 11.8 Å². The molecule has 0 atom stereocenters. The smallest absolute Gasteiger partial charge is 0.279 e. The fraction of sp³-hybridized carbons (Fsp3) is 0.318. The topological polar surface area (TPSA) is 92.2 Å². The van der Waals surface area contributed by atoms with E-state index in [1.807, 2.05) is 12.1 Å². The van der Waals surface area contributed by atoms with Crippen LogP contribution in [-0.4, -0.2) is 62.5 Å². The van der Waals surface area contributed by atoms with Crippen LogP contribution in [0.2, 0.25) is 0 Å². The van der Waals surface area contributed by atoms with Crippen molar-refractivity contribution in [2.45, 2.75) is 6.92 Å². The molecule has 1 fully saturated rings. The molecule has 30 heavy (non-hydrogen) atoms. The molecule has 0 unspecified atom stereocenters. The molecule has 1 aliphatic rings. The predicted molar refractivity (Wildman–Crippen MR) is 114 cm³/mol. The number of anilines is 2. The van der Waals surface area contributed by atoms with E-state index in [1.54, 1.807) is 55.3 Å². The van der Waals surface area contributed by atoms with Gasteiger partial charge in [0.2, 0.25) is 5.91 Å². The molecule has 2 aromatic carbocycles. The van der Waals surface area contributed by atoms with Gasteiger partial charge >= 0.3 is 0 Å². The minimum Gasteiger partial charge on any atom is -0.495 e. The molecular formula is C22H27N4O4+. The van der Waals surface area contributed by atoms with Crippen LogP contribution in [0.25, 0.3) is 0 Å². The fourth-order valence-corrected chi connectivity index (χ4v) is 3.39. The van der Waals surface area contributed by atoms with Gasteiger partial charge in [-0.15, -0.1) is 0 Å². The largest absolute Gasteiger partial charge is 0.495 e. The number of rotatable bonds is 6. The molecule has 0 bridgehead atoms. The van der Waals surface area contributed by atoms with Gasteiger partial charge in [0.1, 0.15) is 5.75 Å². The maximum atomic E-state index is 12.5. The third kappa shape index (κ3) is 5.57. The van der Waals surface area contributed by atoms with E-state index in [-0.39, 0.29) is 17.7 Å². The molecule has 0 radical (unpaired) electrons. The van der Waals surface area contributed by atoms with Gasteiger partial charge in [-0.1, -0.05) is 12.1 Å². The van der Waals surface area contributed by atoms with Crippen LogP contribution in [0, 0.1) is 0 Å². The Bertz CT molecular complexity index is 906. The molecule has 1 heterocycles. The van der Waals surface area contributed by atoms with E-state index in [4.69, 9.17) is 4.74 Å². The lowest BCUT2D eigenvalue weighted by Crippen LogP contribution is -3.15. The Hall–Kier alpha value is -3.39. The quantitative estimate of drug-likeness (QED) is 0.650. The first-order valence-electron chi connectivity index (χ1n) is 9.89. The summed E-state index contributed by atoms with van der Waals surface area (Å²) in [4.78, 5) is 39.1. The number of ether oxygens (including phenoxy) is 1. The summed E-state index contributed by atoms with van der Waals surface area (Å²) in [6, 6.07) is 13.9. The number of hydrogen-bond donors (Lipinski definition) is 3. The van der Waals surface area contributed by atoms with Crippen LogP contribution in [0.4, 0.5) is 11.4 Å². The van der Waals surface area contributed by atoms with Gasteiger partial charge in [-0.05, 0) is 36.4 Å². The number of methoxy groups -OCH3 is 1. The van der Waals surface area contributed by atoms with Crippen molar-refractivity contribution in [1.82, 2.24) is 4.90 Å². The van der Waals surface area contributed by atoms with Crippen molar-refractivity contribution >= 4 is 29.1 Å². The minimum absolute atomic E-state index is 0.0772. The number of nitrogens with one attached hydrogen (secondary N) is 3. The van der Waals surface area contributed by atoms with E-state index >= 15 is 0 Å². The summed E-state index contributed by atoms with van der Waals surface area (Å²) in [6.07, 6.45) is 0. The molecule has 0 saturated carbocycles. The summed E-state index contributed by atoms with van der Waals surface area (Å²) in [7, 11) is 1.55. The van der Waals surface area contributed by atoms with Crippen molar-refractivity contribution in [3.63, 3.8) is 0 Å². The van der Waals surface area contributed by atoms with Crippen LogP contribution in [0.15, 0.2) is 48.5 Å². The molecule has 158 valence electrons. The molecular weight excluding hydrogens is 384 g/mol. The van der Waals surface area contributed by atoms with Crippen LogP contribution in [0.3, 0.4) is 0 Å². The van der Waals surface area contributed by atoms with Crippen molar-refractivity contribution < 1.29 is 24.0 Å². The van der Waals surface area contributed by atoms with Crippen molar-refractivity contribution in [3.8, 4) is 5.75 Å². The highest BCUT2D eigenvalue weighted by Gasteiger charge is 2.23. The summed E-state index contributed by atoms with van der Waals surface area (Å²) in [5.41, 5.74) is 1.70. The monoisotopic (exact) mass is 411 g/mol. The number of piperazine rings is 1. The second-order valence-corrected chi connectivity index (χ2v) is 7.21. The van der Waals surface area contributed by atoms with Gasteiger partial charge in [0.15, 0.2) is 6.54 Å². The number of amides is 3. The molecule has 0 spiro atoms. The maximum Gasteiger partial charge on any atom is 0.279 e. The Kier molecular flexibility index (Phi) is 7.03. The first kappa shape index (κ1) is 21.3. The standard InChI is InChI=1S/C22H26N4O4/c1-16(27)26-13-11-25(12-14-26)15-21(28)23-18-9-7-17(8-10-18)22(29)24-19-5-3-4-6-20(19)30-2/h3-10H,11-15H2,1-2H3,(H,23,28)(H,24,29)/p+1. The van der Waals surface area contributed by atoms with Crippen LogP contribution >= 0.6 is 0 Å². The molecule has 1 aliphatic heterocycles. The van der Waals surface area contributed by atoms with Crippen LogP contribution in [0.5, 0.6) is 5.75 Å². The SMILES string of the molecule is COc1ccccc1NC(=O)c1ccc(NC(=O)C[NH+]2CCN(C(C)=O)CC2)cc1. The Balaban J connectivity index is 1.51. The summed E-state index contributed by atoms with van der Waals surface area (Å²) >= 11 is 0. The fourth-order valence-electron chi connectivity index (χ4n) is 3.39. The molecule has 8 heteroatoms. The highest BCUT2D eigenvalue weighted by atomic mass is 16.5. The average Bonchev–Trinajstić information content (AvgIpc) is 2.75. The van der Waals surface area contributed by atoms with Crippen LogP contribution in [0.1, 0.15) is 17.3 Å². The molecule has 1 saturated heterocycles. The Morgan fingerprint density at radius 3 is 2.30 bits per heavy atom. The number of carbonyl (C=O) groups excluding carboxylic acids is 3. The summed E-state index contributed by atoms with van der Waals surface area (Å²) in [5.74, 6) is 0.312.